The molecule has 0 aliphatic heterocycles. The molecule has 0 radical (unpaired) electrons. The van der Waals surface area contributed by atoms with Crippen LogP contribution in [0.1, 0.15) is 34.6 Å². The summed E-state index contributed by atoms with van der Waals surface area (Å²) in [7, 11) is -0.880. The van der Waals surface area contributed by atoms with Gasteiger partial charge in [-0.2, -0.15) is 0 Å². The monoisotopic (exact) mass is 160 g/mol. The maximum Gasteiger partial charge on any atom is 0.181 e. The Hall–Kier alpha value is 0.177. The van der Waals surface area contributed by atoms with Crippen molar-refractivity contribution in [3.05, 3.63) is 0 Å². The van der Waals surface area contributed by atoms with E-state index in [1.165, 1.54) is 0 Å². The van der Waals surface area contributed by atoms with E-state index in [9.17, 15) is 0 Å². The standard InChI is InChI=1S/C8H20OSi/c1-6-9-10(7(2)3)8(4)5/h7-8,10H,6H2,1-5H3. The molecule has 62 valence electrons. The summed E-state index contributed by atoms with van der Waals surface area (Å²) in [4.78, 5) is 0. The van der Waals surface area contributed by atoms with Gasteiger partial charge in [0.15, 0.2) is 9.04 Å². The van der Waals surface area contributed by atoms with E-state index in [4.69, 9.17) is 4.43 Å². The van der Waals surface area contributed by atoms with Crippen LogP contribution < -0.4 is 0 Å². The molecule has 2 heteroatoms. The maximum absolute atomic E-state index is 5.70. The van der Waals surface area contributed by atoms with Gasteiger partial charge in [0.05, 0.1) is 0 Å². The number of hydrogen-bond acceptors (Lipinski definition) is 1. The molecule has 0 aliphatic rings. The molecule has 0 aliphatic carbocycles. The van der Waals surface area contributed by atoms with Gasteiger partial charge in [-0.3, -0.25) is 0 Å². The summed E-state index contributed by atoms with van der Waals surface area (Å²) in [5.41, 5.74) is 1.56. The van der Waals surface area contributed by atoms with E-state index in [1.807, 2.05) is 0 Å². The minimum atomic E-state index is -0.880. The molecule has 10 heavy (non-hydrogen) atoms. The lowest BCUT2D eigenvalue weighted by Crippen LogP contribution is -2.25. The SMILES string of the molecule is CCO[SiH](C(C)C)C(C)C. The predicted molar refractivity (Wildman–Crippen MR) is 49.0 cm³/mol. The Bertz CT molecular complexity index is 73.3. The molecule has 0 saturated carbocycles. The van der Waals surface area contributed by atoms with Gasteiger partial charge < -0.3 is 4.43 Å². The van der Waals surface area contributed by atoms with Crippen molar-refractivity contribution in [2.75, 3.05) is 6.61 Å². The van der Waals surface area contributed by atoms with Crippen molar-refractivity contribution in [2.45, 2.75) is 45.7 Å². The summed E-state index contributed by atoms with van der Waals surface area (Å²) < 4.78 is 5.70. The smallest absolute Gasteiger partial charge is 0.181 e. The molecule has 0 fully saturated rings. The first-order valence-corrected chi connectivity index (χ1v) is 6.01. The fraction of sp³-hybridized carbons (Fsp3) is 1.00. The molecule has 0 spiro atoms. The summed E-state index contributed by atoms with van der Waals surface area (Å²) in [6.45, 7) is 12.1. The molecular weight excluding hydrogens is 140 g/mol. The van der Waals surface area contributed by atoms with Gasteiger partial charge >= 0.3 is 0 Å². The van der Waals surface area contributed by atoms with Gasteiger partial charge in [0.1, 0.15) is 0 Å². The highest BCUT2D eigenvalue weighted by molar-refractivity contribution is 6.54. The molecule has 0 saturated heterocycles. The average Bonchev–Trinajstić information content (AvgIpc) is 1.81. The third-order valence-corrected chi connectivity index (χ3v) is 5.02. The minimum Gasteiger partial charge on any atom is -0.420 e. The van der Waals surface area contributed by atoms with Crippen LogP contribution in [0.15, 0.2) is 0 Å². The van der Waals surface area contributed by atoms with E-state index < -0.39 is 9.04 Å². The molecular formula is C8H20OSi. The molecule has 1 nitrogen and oxygen atoms in total. The Labute approximate surface area is 66.5 Å². The number of hydrogen-bond donors (Lipinski definition) is 0. The van der Waals surface area contributed by atoms with E-state index in [0.717, 1.165) is 17.7 Å². The second-order valence-electron chi connectivity index (χ2n) is 3.41. The number of rotatable bonds is 4. The van der Waals surface area contributed by atoms with Gasteiger partial charge in [-0.1, -0.05) is 27.7 Å². The highest BCUT2D eigenvalue weighted by Crippen LogP contribution is 2.20. The van der Waals surface area contributed by atoms with Gasteiger partial charge in [-0.05, 0) is 18.0 Å². The largest absolute Gasteiger partial charge is 0.420 e. The van der Waals surface area contributed by atoms with Gasteiger partial charge in [0.2, 0.25) is 0 Å². The second-order valence-corrected chi connectivity index (χ2v) is 7.34. The third kappa shape index (κ3) is 3.37. The fourth-order valence-electron chi connectivity index (χ4n) is 1.35. The molecule has 0 rings (SSSR count). The molecule has 0 amide bonds. The van der Waals surface area contributed by atoms with Crippen LogP contribution in [-0.4, -0.2) is 15.6 Å². The van der Waals surface area contributed by atoms with E-state index >= 15 is 0 Å². The van der Waals surface area contributed by atoms with Crippen LogP contribution >= 0.6 is 0 Å². The molecule has 0 atom stereocenters. The van der Waals surface area contributed by atoms with Crippen molar-refractivity contribution in [1.82, 2.24) is 0 Å². The lowest BCUT2D eigenvalue weighted by Gasteiger charge is -2.22. The molecule has 0 aromatic carbocycles. The predicted octanol–water partition coefficient (Wildman–Crippen LogP) is 2.57. The quantitative estimate of drug-likeness (QED) is 0.574. The van der Waals surface area contributed by atoms with Crippen molar-refractivity contribution in [2.24, 2.45) is 0 Å². The van der Waals surface area contributed by atoms with Crippen molar-refractivity contribution in [3.63, 3.8) is 0 Å². The Kier molecular flexibility index (Phi) is 5.00. The minimum absolute atomic E-state index is 0.778. The highest BCUT2D eigenvalue weighted by Gasteiger charge is 2.19. The normalized spacial score (nSPS) is 12.0. The van der Waals surface area contributed by atoms with E-state index in [1.54, 1.807) is 0 Å². The lowest BCUT2D eigenvalue weighted by molar-refractivity contribution is 0.329. The Balaban J connectivity index is 3.73. The molecule has 0 aromatic rings. The summed E-state index contributed by atoms with van der Waals surface area (Å²) in [5, 5.41) is 0. The van der Waals surface area contributed by atoms with Crippen molar-refractivity contribution < 1.29 is 4.43 Å². The van der Waals surface area contributed by atoms with Crippen molar-refractivity contribution in [1.29, 1.82) is 0 Å². The zero-order valence-corrected chi connectivity index (χ0v) is 9.00. The lowest BCUT2D eigenvalue weighted by atomic mass is 10.5. The van der Waals surface area contributed by atoms with Crippen LogP contribution in [0.3, 0.4) is 0 Å². The zero-order chi connectivity index (χ0) is 8.15. The Morgan fingerprint density at radius 2 is 1.50 bits per heavy atom. The average molecular weight is 160 g/mol. The van der Waals surface area contributed by atoms with E-state index in [2.05, 4.69) is 34.6 Å². The van der Waals surface area contributed by atoms with Crippen LogP contribution in [0.25, 0.3) is 0 Å². The van der Waals surface area contributed by atoms with Gasteiger partial charge in [-0.25, -0.2) is 0 Å². The van der Waals surface area contributed by atoms with Crippen LogP contribution in [0.5, 0.6) is 0 Å². The first kappa shape index (κ1) is 10.2. The van der Waals surface area contributed by atoms with Crippen molar-refractivity contribution in [3.8, 4) is 0 Å². The maximum atomic E-state index is 5.70. The third-order valence-electron chi connectivity index (χ3n) is 1.67. The van der Waals surface area contributed by atoms with Crippen LogP contribution in [0, 0.1) is 0 Å². The van der Waals surface area contributed by atoms with Gasteiger partial charge in [0.25, 0.3) is 0 Å². The summed E-state index contributed by atoms with van der Waals surface area (Å²) in [5.74, 6) is 0. The summed E-state index contributed by atoms with van der Waals surface area (Å²) in [6.07, 6.45) is 0. The molecule has 0 unspecified atom stereocenters. The fourth-order valence-corrected chi connectivity index (χ4v) is 4.04. The van der Waals surface area contributed by atoms with Crippen molar-refractivity contribution >= 4 is 9.04 Å². The van der Waals surface area contributed by atoms with Gasteiger partial charge in [-0.15, -0.1) is 0 Å². The Morgan fingerprint density at radius 1 is 1.10 bits per heavy atom. The van der Waals surface area contributed by atoms with Gasteiger partial charge in [0, 0.05) is 6.61 Å². The topological polar surface area (TPSA) is 9.23 Å². The molecule has 0 bridgehead atoms. The molecule has 0 N–H and O–H groups in total. The van der Waals surface area contributed by atoms with E-state index in [-0.39, 0.29) is 0 Å². The Morgan fingerprint density at radius 3 is 1.60 bits per heavy atom. The van der Waals surface area contributed by atoms with Crippen LogP contribution in [-0.2, 0) is 4.43 Å². The zero-order valence-electron chi connectivity index (χ0n) is 7.85. The first-order chi connectivity index (χ1) is 4.59. The van der Waals surface area contributed by atoms with E-state index in [0.29, 0.717) is 0 Å². The molecule has 0 aromatic heterocycles. The van der Waals surface area contributed by atoms with Crippen LogP contribution in [0.2, 0.25) is 11.1 Å². The molecule has 0 heterocycles. The van der Waals surface area contributed by atoms with Crippen LogP contribution in [0.4, 0.5) is 0 Å². The highest BCUT2D eigenvalue weighted by atomic mass is 28.3. The summed E-state index contributed by atoms with van der Waals surface area (Å²) >= 11 is 0. The summed E-state index contributed by atoms with van der Waals surface area (Å²) in [6, 6.07) is 0. The second kappa shape index (κ2) is 4.91. The first-order valence-electron chi connectivity index (χ1n) is 4.21.